The maximum absolute atomic E-state index is 5.52. The summed E-state index contributed by atoms with van der Waals surface area (Å²) in [4.78, 5) is 0. The SMILES string of the molecule is CC(C)(C)c1ccc(CCN)cc1Br. The van der Waals surface area contributed by atoms with Crippen LogP contribution in [0.25, 0.3) is 0 Å². The molecule has 1 rings (SSSR count). The molecule has 0 radical (unpaired) electrons. The summed E-state index contributed by atoms with van der Waals surface area (Å²) in [5, 5.41) is 0. The Hall–Kier alpha value is -0.340. The number of halogens is 1. The van der Waals surface area contributed by atoms with E-state index in [9.17, 15) is 0 Å². The fraction of sp³-hybridized carbons (Fsp3) is 0.500. The Kier molecular flexibility index (Phi) is 3.73. The molecule has 0 saturated carbocycles. The van der Waals surface area contributed by atoms with Crippen LogP contribution in [0.1, 0.15) is 31.9 Å². The van der Waals surface area contributed by atoms with Crippen molar-refractivity contribution < 1.29 is 0 Å². The molecule has 1 aromatic carbocycles. The molecular formula is C12H18BrN. The van der Waals surface area contributed by atoms with Gasteiger partial charge in [0.15, 0.2) is 0 Å². The highest BCUT2D eigenvalue weighted by molar-refractivity contribution is 9.10. The highest BCUT2D eigenvalue weighted by atomic mass is 79.9. The topological polar surface area (TPSA) is 26.0 Å². The van der Waals surface area contributed by atoms with E-state index in [-0.39, 0.29) is 5.41 Å². The third kappa shape index (κ3) is 2.82. The second kappa shape index (κ2) is 4.45. The molecule has 0 saturated heterocycles. The second-order valence-corrected chi connectivity index (χ2v) is 5.46. The van der Waals surface area contributed by atoms with Gasteiger partial charge < -0.3 is 5.73 Å². The quantitative estimate of drug-likeness (QED) is 0.863. The Morgan fingerprint density at radius 3 is 2.36 bits per heavy atom. The maximum atomic E-state index is 5.52. The van der Waals surface area contributed by atoms with Crippen LogP contribution in [0.5, 0.6) is 0 Å². The smallest absolute Gasteiger partial charge is 0.0215 e. The van der Waals surface area contributed by atoms with Gasteiger partial charge in [-0.3, -0.25) is 0 Å². The largest absolute Gasteiger partial charge is 0.330 e. The first-order valence-electron chi connectivity index (χ1n) is 4.94. The molecule has 78 valence electrons. The third-order valence-electron chi connectivity index (χ3n) is 2.27. The van der Waals surface area contributed by atoms with Crippen molar-refractivity contribution in [2.75, 3.05) is 6.54 Å². The highest BCUT2D eigenvalue weighted by Gasteiger charge is 2.16. The first-order chi connectivity index (χ1) is 6.45. The monoisotopic (exact) mass is 255 g/mol. The summed E-state index contributed by atoms with van der Waals surface area (Å²) in [5.41, 5.74) is 8.36. The molecule has 0 aromatic heterocycles. The molecule has 1 nitrogen and oxygen atoms in total. The first kappa shape index (κ1) is 11.7. The molecule has 0 atom stereocenters. The predicted molar refractivity (Wildman–Crippen MR) is 65.6 cm³/mol. The highest BCUT2D eigenvalue weighted by Crippen LogP contribution is 2.30. The van der Waals surface area contributed by atoms with Crippen LogP contribution in [0.2, 0.25) is 0 Å². The molecule has 14 heavy (non-hydrogen) atoms. The van der Waals surface area contributed by atoms with Crippen molar-refractivity contribution in [1.29, 1.82) is 0 Å². The number of nitrogens with two attached hydrogens (primary N) is 1. The zero-order chi connectivity index (χ0) is 10.8. The van der Waals surface area contributed by atoms with Gasteiger partial charge in [0, 0.05) is 4.47 Å². The van der Waals surface area contributed by atoms with Crippen LogP contribution in [0.4, 0.5) is 0 Å². The number of benzene rings is 1. The van der Waals surface area contributed by atoms with E-state index < -0.39 is 0 Å². The summed E-state index contributed by atoms with van der Waals surface area (Å²) in [6, 6.07) is 6.53. The Morgan fingerprint density at radius 1 is 1.29 bits per heavy atom. The lowest BCUT2D eigenvalue weighted by molar-refractivity contribution is 0.587. The summed E-state index contributed by atoms with van der Waals surface area (Å²) < 4.78 is 1.19. The molecule has 0 aliphatic rings. The van der Waals surface area contributed by atoms with Gasteiger partial charge in [-0.05, 0) is 35.6 Å². The van der Waals surface area contributed by atoms with Crippen molar-refractivity contribution in [3.05, 3.63) is 33.8 Å². The van der Waals surface area contributed by atoms with Gasteiger partial charge in [0.2, 0.25) is 0 Å². The molecule has 0 aliphatic heterocycles. The van der Waals surface area contributed by atoms with Crippen LogP contribution in [0.15, 0.2) is 22.7 Å². The van der Waals surface area contributed by atoms with Gasteiger partial charge in [-0.25, -0.2) is 0 Å². The third-order valence-corrected chi connectivity index (χ3v) is 2.93. The fourth-order valence-electron chi connectivity index (χ4n) is 1.49. The van der Waals surface area contributed by atoms with Gasteiger partial charge in [-0.15, -0.1) is 0 Å². The first-order valence-corrected chi connectivity index (χ1v) is 5.73. The molecule has 0 aliphatic carbocycles. The molecule has 0 bridgehead atoms. The molecule has 1 aromatic rings. The summed E-state index contributed by atoms with van der Waals surface area (Å²) in [6.07, 6.45) is 0.947. The van der Waals surface area contributed by atoms with E-state index in [2.05, 4.69) is 54.9 Å². The standard InChI is InChI=1S/C12H18BrN/c1-12(2,3)10-5-4-9(6-7-14)8-11(10)13/h4-5,8H,6-7,14H2,1-3H3. The van der Waals surface area contributed by atoms with Gasteiger partial charge in [0.1, 0.15) is 0 Å². The lowest BCUT2D eigenvalue weighted by atomic mass is 9.86. The normalized spacial score (nSPS) is 11.8. The van der Waals surface area contributed by atoms with Crippen LogP contribution in [-0.4, -0.2) is 6.54 Å². The minimum atomic E-state index is 0.195. The van der Waals surface area contributed by atoms with E-state index in [1.807, 2.05) is 0 Å². The lowest BCUT2D eigenvalue weighted by Crippen LogP contribution is -2.12. The van der Waals surface area contributed by atoms with E-state index in [0.29, 0.717) is 6.54 Å². The van der Waals surface area contributed by atoms with Crippen molar-refractivity contribution >= 4 is 15.9 Å². The molecule has 0 heterocycles. The average molecular weight is 256 g/mol. The Morgan fingerprint density at radius 2 is 1.93 bits per heavy atom. The molecule has 2 heteroatoms. The molecule has 0 fully saturated rings. The van der Waals surface area contributed by atoms with E-state index in [1.165, 1.54) is 15.6 Å². The second-order valence-electron chi connectivity index (χ2n) is 4.60. The van der Waals surface area contributed by atoms with Gasteiger partial charge in [-0.2, -0.15) is 0 Å². The van der Waals surface area contributed by atoms with Gasteiger partial charge >= 0.3 is 0 Å². The summed E-state index contributed by atoms with van der Waals surface area (Å²) in [6.45, 7) is 7.36. The van der Waals surface area contributed by atoms with Crippen LogP contribution in [-0.2, 0) is 11.8 Å². The number of hydrogen-bond donors (Lipinski definition) is 1. The summed E-state index contributed by atoms with van der Waals surface area (Å²) in [7, 11) is 0. The maximum Gasteiger partial charge on any atom is 0.0215 e. The summed E-state index contributed by atoms with van der Waals surface area (Å²) >= 11 is 3.61. The number of rotatable bonds is 2. The van der Waals surface area contributed by atoms with Crippen molar-refractivity contribution in [1.82, 2.24) is 0 Å². The summed E-state index contributed by atoms with van der Waals surface area (Å²) in [5.74, 6) is 0. The van der Waals surface area contributed by atoms with E-state index in [0.717, 1.165) is 6.42 Å². The molecule has 0 amide bonds. The van der Waals surface area contributed by atoms with Crippen LogP contribution >= 0.6 is 15.9 Å². The van der Waals surface area contributed by atoms with Gasteiger partial charge in [0.25, 0.3) is 0 Å². The minimum Gasteiger partial charge on any atom is -0.330 e. The molecule has 0 spiro atoms. The molecule has 0 unspecified atom stereocenters. The Labute approximate surface area is 94.8 Å². The Balaban J connectivity index is 3.02. The van der Waals surface area contributed by atoms with Crippen molar-refractivity contribution in [2.45, 2.75) is 32.6 Å². The zero-order valence-corrected chi connectivity index (χ0v) is 10.7. The minimum absolute atomic E-state index is 0.195. The van der Waals surface area contributed by atoms with Crippen molar-refractivity contribution in [3.8, 4) is 0 Å². The predicted octanol–water partition coefficient (Wildman–Crippen LogP) is 3.25. The fourth-order valence-corrected chi connectivity index (χ4v) is 2.51. The van der Waals surface area contributed by atoms with Crippen LogP contribution in [0.3, 0.4) is 0 Å². The van der Waals surface area contributed by atoms with Gasteiger partial charge in [-0.1, -0.05) is 48.8 Å². The number of hydrogen-bond acceptors (Lipinski definition) is 1. The lowest BCUT2D eigenvalue weighted by Gasteiger charge is -2.21. The molecular weight excluding hydrogens is 238 g/mol. The average Bonchev–Trinajstić information content (AvgIpc) is 2.02. The van der Waals surface area contributed by atoms with E-state index in [4.69, 9.17) is 5.73 Å². The van der Waals surface area contributed by atoms with Gasteiger partial charge in [0.05, 0.1) is 0 Å². The van der Waals surface area contributed by atoms with E-state index >= 15 is 0 Å². The van der Waals surface area contributed by atoms with Crippen molar-refractivity contribution in [2.24, 2.45) is 5.73 Å². The Bertz CT molecular complexity index is 313. The molecule has 2 N–H and O–H groups in total. The van der Waals surface area contributed by atoms with Crippen LogP contribution in [0, 0.1) is 0 Å². The van der Waals surface area contributed by atoms with Crippen LogP contribution < -0.4 is 5.73 Å². The zero-order valence-electron chi connectivity index (χ0n) is 9.10. The van der Waals surface area contributed by atoms with E-state index in [1.54, 1.807) is 0 Å². The van der Waals surface area contributed by atoms with Crippen molar-refractivity contribution in [3.63, 3.8) is 0 Å².